The van der Waals surface area contributed by atoms with Gasteiger partial charge in [0.25, 0.3) is 0 Å². The minimum absolute atomic E-state index is 0.0217. The molecule has 0 bridgehead atoms. The number of aromatic nitrogens is 2. The molecule has 1 aromatic heterocycles. The van der Waals surface area contributed by atoms with Gasteiger partial charge in [-0.1, -0.05) is 13.3 Å². The fourth-order valence-corrected chi connectivity index (χ4v) is 2.80. The molecule has 1 aliphatic rings. The second-order valence-corrected chi connectivity index (χ2v) is 5.87. The molecule has 1 heterocycles. The molecular weight excluding hydrogens is 254 g/mol. The van der Waals surface area contributed by atoms with Crippen LogP contribution in [0, 0.1) is 5.92 Å². The smallest absolute Gasteiger partial charge is 0.221 e. The Bertz CT molecular complexity index is 409. The third-order valence-corrected chi connectivity index (χ3v) is 4.36. The van der Waals surface area contributed by atoms with Crippen LogP contribution in [0.25, 0.3) is 0 Å². The second kappa shape index (κ2) is 6.88. The summed E-state index contributed by atoms with van der Waals surface area (Å²) in [5, 5.41) is 17.4. The first-order valence-corrected chi connectivity index (χ1v) is 7.58. The van der Waals surface area contributed by atoms with Gasteiger partial charge in [0.1, 0.15) is 0 Å². The van der Waals surface area contributed by atoms with E-state index in [9.17, 15) is 9.90 Å². The van der Waals surface area contributed by atoms with E-state index in [2.05, 4.69) is 17.3 Å². The summed E-state index contributed by atoms with van der Waals surface area (Å²) in [6, 6.07) is 1.84. The topological polar surface area (TPSA) is 67.2 Å². The minimum Gasteiger partial charge on any atom is -0.388 e. The fraction of sp³-hybridized carbons (Fsp3) is 0.733. The summed E-state index contributed by atoms with van der Waals surface area (Å²) in [7, 11) is 0. The maximum Gasteiger partial charge on any atom is 0.221 e. The molecule has 1 aromatic rings. The van der Waals surface area contributed by atoms with Crippen molar-refractivity contribution in [3.8, 4) is 0 Å². The molecule has 112 valence electrons. The highest BCUT2D eigenvalue weighted by atomic mass is 16.3. The lowest BCUT2D eigenvalue weighted by Crippen LogP contribution is -2.45. The lowest BCUT2D eigenvalue weighted by Gasteiger charge is -2.35. The Labute approximate surface area is 120 Å². The molecule has 20 heavy (non-hydrogen) atoms. The number of carbonyl (C=O) groups is 1. The van der Waals surface area contributed by atoms with Gasteiger partial charge in [-0.25, -0.2) is 0 Å². The van der Waals surface area contributed by atoms with E-state index < -0.39 is 5.60 Å². The number of nitrogens with zero attached hydrogens (tertiary/aromatic N) is 2. The van der Waals surface area contributed by atoms with Crippen LogP contribution in [0.5, 0.6) is 0 Å². The van der Waals surface area contributed by atoms with Crippen LogP contribution in [0.15, 0.2) is 18.5 Å². The van der Waals surface area contributed by atoms with E-state index in [4.69, 9.17) is 0 Å². The zero-order valence-electron chi connectivity index (χ0n) is 12.2. The van der Waals surface area contributed by atoms with Crippen LogP contribution in [-0.2, 0) is 11.3 Å². The SMILES string of the molecule is CCC1CCC(O)(CNC(=O)CCn2cccn2)CC1. The van der Waals surface area contributed by atoms with Crippen LogP contribution in [0.3, 0.4) is 0 Å². The van der Waals surface area contributed by atoms with Crippen LogP contribution in [0.4, 0.5) is 0 Å². The summed E-state index contributed by atoms with van der Waals surface area (Å²) >= 11 is 0. The Hall–Kier alpha value is -1.36. The quantitative estimate of drug-likeness (QED) is 0.833. The molecule has 5 nitrogen and oxygen atoms in total. The number of hydrogen-bond donors (Lipinski definition) is 2. The average molecular weight is 279 g/mol. The van der Waals surface area contributed by atoms with Gasteiger partial charge in [-0.3, -0.25) is 9.48 Å². The molecule has 0 aromatic carbocycles. The molecule has 2 N–H and O–H groups in total. The van der Waals surface area contributed by atoms with Crippen molar-refractivity contribution in [1.82, 2.24) is 15.1 Å². The van der Waals surface area contributed by atoms with Gasteiger partial charge in [0, 0.05) is 31.9 Å². The summed E-state index contributed by atoms with van der Waals surface area (Å²) in [5.74, 6) is 0.720. The molecule has 0 radical (unpaired) electrons. The van der Waals surface area contributed by atoms with Gasteiger partial charge in [-0.2, -0.15) is 5.10 Å². The van der Waals surface area contributed by atoms with Gasteiger partial charge in [0.05, 0.1) is 5.60 Å². The van der Waals surface area contributed by atoms with E-state index in [0.29, 0.717) is 19.5 Å². The van der Waals surface area contributed by atoms with Gasteiger partial charge in [-0.15, -0.1) is 0 Å². The maximum absolute atomic E-state index is 11.8. The lowest BCUT2D eigenvalue weighted by atomic mass is 9.78. The number of nitrogens with one attached hydrogen (secondary N) is 1. The summed E-state index contributed by atoms with van der Waals surface area (Å²) < 4.78 is 1.74. The number of aliphatic hydroxyl groups is 1. The molecule has 1 fully saturated rings. The van der Waals surface area contributed by atoms with Crippen molar-refractivity contribution < 1.29 is 9.90 Å². The van der Waals surface area contributed by atoms with Crippen LogP contribution < -0.4 is 5.32 Å². The van der Waals surface area contributed by atoms with Crippen LogP contribution in [0.1, 0.15) is 45.4 Å². The molecule has 5 heteroatoms. The van der Waals surface area contributed by atoms with E-state index in [-0.39, 0.29) is 5.91 Å². The molecule has 1 aliphatic carbocycles. The Morgan fingerprint density at radius 2 is 2.25 bits per heavy atom. The summed E-state index contributed by atoms with van der Waals surface area (Å²) in [6.07, 6.45) is 8.85. The Morgan fingerprint density at radius 3 is 2.85 bits per heavy atom. The number of amides is 1. The largest absolute Gasteiger partial charge is 0.388 e. The van der Waals surface area contributed by atoms with Gasteiger partial charge in [0.15, 0.2) is 0 Å². The summed E-state index contributed by atoms with van der Waals surface area (Å²) in [6.45, 7) is 3.16. The van der Waals surface area contributed by atoms with Crippen molar-refractivity contribution in [3.63, 3.8) is 0 Å². The predicted molar refractivity (Wildman–Crippen MR) is 77.1 cm³/mol. The van der Waals surface area contributed by atoms with Crippen molar-refractivity contribution in [2.45, 2.75) is 57.6 Å². The molecule has 0 atom stereocenters. The van der Waals surface area contributed by atoms with E-state index in [0.717, 1.165) is 31.6 Å². The standard InChI is InChI=1S/C15H25N3O2/c1-2-13-4-7-15(20,8-5-13)12-16-14(19)6-11-18-10-3-9-17-18/h3,9-10,13,20H,2,4-8,11-12H2,1H3,(H,16,19). The molecular formula is C15H25N3O2. The van der Waals surface area contributed by atoms with Gasteiger partial charge < -0.3 is 10.4 Å². The molecule has 0 unspecified atom stereocenters. The first-order chi connectivity index (χ1) is 9.61. The first-order valence-electron chi connectivity index (χ1n) is 7.58. The van der Waals surface area contributed by atoms with E-state index >= 15 is 0 Å². The number of rotatable bonds is 6. The highest BCUT2D eigenvalue weighted by molar-refractivity contribution is 5.75. The first kappa shape index (κ1) is 15.0. The van der Waals surface area contributed by atoms with Crippen molar-refractivity contribution in [3.05, 3.63) is 18.5 Å². The van der Waals surface area contributed by atoms with Crippen LogP contribution in [-0.4, -0.2) is 32.9 Å². The van der Waals surface area contributed by atoms with Gasteiger partial charge >= 0.3 is 0 Å². The highest BCUT2D eigenvalue weighted by Gasteiger charge is 2.32. The van der Waals surface area contributed by atoms with Crippen LogP contribution >= 0.6 is 0 Å². The average Bonchev–Trinajstić information content (AvgIpc) is 2.97. The monoisotopic (exact) mass is 279 g/mol. The second-order valence-electron chi connectivity index (χ2n) is 5.87. The van der Waals surface area contributed by atoms with E-state index in [1.807, 2.05) is 12.3 Å². The fourth-order valence-electron chi connectivity index (χ4n) is 2.80. The molecule has 1 amide bonds. The Kier molecular flexibility index (Phi) is 5.17. The minimum atomic E-state index is -0.701. The van der Waals surface area contributed by atoms with Crippen molar-refractivity contribution >= 4 is 5.91 Å². The lowest BCUT2D eigenvalue weighted by molar-refractivity contribution is -0.123. The zero-order valence-corrected chi connectivity index (χ0v) is 12.2. The molecule has 2 rings (SSSR count). The maximum atomic E-state index is 11.8. The van der Waals surface area contributed by atoms with E-state index in [1.54, 1.807) is 10.9 Å². The zero-order chi connectivity index (χ0) is 14.4. The molecule has 0 aliphatic heterocycles. The number of hydrogen-bond acceptors (Lipinski definition) is 3. The third-order valence-electron chi connectivity index (χ3n) is 4.36. The summed E-state index contributed by atoms with van der Waals surface area (Å²) in [5.41, 5.74) is -0.701. The van der Waals surface area contributed by atoms with Gasteiger partial charge in [0.2, 0.25) is 5.91 Å². The molecule has 0 saturated heterocycles. The van der Waals surface area contributed by atoms with Gasteiger partial charge in [-0.05, 0) is 37.7 Å². The van der Waals surface area contributed by atoms with Crippen molar-refractivity contribution in [2.75, 3.05) is 6.54 Å². The summed E-state index contributed by atoms with van der Waals surface area (Å²) in [4.78, 5) is 11.8. The Morgan fingerprint density at radius 1 is 1.50 bits per heavy atom. The van der Waals surface area contributed by atoms with Crippen molar-refractivity contribution in [2.24, 2.45) is 5.92 Å². The van der Waals surface area contributed by atoms with E-state index in [1.165, 1.54) is 6.42 Å². The third kappa shape index (κ3) is 4.34. The predicted octanol–water partition coefficient (Wildman–Crippen LogP) is 1.72. The van der Waals surface area contributed by atoms with Crippen LogP contribution in [0.2, 0.25) is 0 Å². The number of aryl methyl sites for hydroxylation is 1. The Balaban J connectivity index is 1.67. The number of carbonyl (C=O) groups excluding carboxylic acids is 1. The highest BCUT2D eigenvalue weighted by Crippen LogP contribution is 2.33. The molecule has 0 spiro atoms. The molecule has 1 saturated carbocycles. The van der Waals surface area contributed by atoms with Crippen molar-refractivity contribution in [1.29, 1.82) is 0 Å². The normalized spacial score (nSPS) is 26.4.